The third kappa shape index (κ3) is 7.31. The molecule has 2 fully saturated rings. The number of halogens is 1. The van der Waals surface area contributed by atoms with Crippen molar-refractivity contribution in [3.05, 3.63) is 130 Å². The predicted molar refractivity (Wildman–Crippen MR) is 221 cm³/mol. The van der Waals surface area contributed by atoms with Crippen LogP contribution < -0.4 is 0 Å². The summed E-state index contributed by atoms with van der Waals surface area (Å²) in [4.78, 5) is 49.8. The van der Waals surface area contributed by atoms with Crippen molar-refractivity contribution < 1.29 is 23.5 Å². The standard InChI is InChI=1S/C45H54BrN3O5Si/c1-30(2)55(31(3)4,32(5)6)53-29-35-20-18-34(19-21-35)28-49-41-44(52)48(26-33-13-8-7-9-14-33)24-12-22-45(41)40(43(49)51)39-38(54-45)17-11-23-47(42(39)50)27-36-15-10-16-37(46)25-36/h7-22,25,30-32,38-41H,23-24,26-29H2,1-6H3/t38-,39+,40+,41-,45+/m0/s1. The van der Waals surface area contributed by atoms with Crippen molar-refractivity contribution in [2.75, 3.05) is 13.1 Å². The lowest BCUT2D eigenvalue weighted by atomic mass is 9.77. The van der Waals surface area contributed by atoms with Crippen molar-refractivity contribution in [2.45, 2.75) is 102 Å². The van der Waals surface area contributed by atoms with Gasteiger partial charge in [0, 0.05) is 37.2 Å². The third-order valence-corrected chi connectivity index (χ3v) is 18.9. The van der Waals surface area contributed by atoms with Gasteiger partial charge in [-0.15, -0.1) is 0 Å². The molecule has 4 heterocycles. The fourth-order valence-corrected chi connectivity index (χ4v) is 15.9. The van der Waals surface area contributed by atoms with Gasteiger partial charge in [0.05, 0.1) is 24.5 Å². The van der Waals surface area contributed by atoms with Crippen LogP contribution in [-0.4, -0.2) is 71.6 Å². The number of hydrogen-bond acceptors (Lipinski definition) is 5. The Hall–Kier alpha value is -3.83. The van der Waals surface area contributed by atoms with Crippen molar-refractivity contribution in [1.82, 2.24) is 14.7 Å². The summed E-state index contributed by atoms with van der Waals surface area (Å²) < 4.78 is 14.7. The zero-order chi connectivity index (χ0) is 39.1. The fraction of sp³-hybridized carbons (Fsp3) is 0.444. The van der Waals surface area contributed by atoms with Crippen LogP contribution in [-0.2, 0) is 49.8 Å². The number of carbonyl (C=O) groups is 3. The molecule has 0 N–H and O–H groups in total. The maximum atomic E-state index is 15.0. The largest absolute Gasteiger partial charge is 0.412 e. The first-order chi connectivity index (χ1) is 26.4. The third-order valence-electron chi connectivity index (χ3n) is 12.4. The van der Waals surface area contributed by atoms with Crippen LogP contribution in [0.4, 0.5) is 0 Å². The van der Waals surface area contributed by atoms with E-state index in [1.54, 1.807) is 14.7 Å². The fourth-order valence-electron chi connectivity index (χ4n) is 10.00. The number of ether oxygens (including phenoxy) is 1. The number of hydrogen-bond donors (Lipinski definition) is 0. The summed E-state index contributed by atoms with van der Waals surface area (Å²) >= 11 is 3.56. The molecule has 3 amide bonds. The summed E-state index contributed by atoms with van der Waals surface area (Å²) in [5, 5.41) is 0. The van der Waals surface area contributed by atoms with Crippen LogP contribution in [0.5, 0.6) is 0 Å². The molecule has 2 saturated heterocycles. The van der Waals surface area contributed by atoms with Crippen molar-refractivity contribution in [3.8, 4) is 0 Å². The minimum absolute atomic E-state index is 0.134. The van der Waals surface area contributed by atoms with Gasteiger partial charge in [-0.3, -0.25) is 14.4 Å². The van der Waals surface area contributed by atoms with Gasteiger partial charge in [0.15, 0.2) is 0 Å². The molecule has 10 heteroatoms. The molecule has 290 valence electrons. The Balaban J connectivity index is 1.20. The van der Waals surface area contributed by atoms with Crippen LogP contribution >= 0.6 is 15.9 Å². The highest BCUT2D eigenvalue weighted by atomic mass is 79.9. The van der Waals surface area contributed by atoms with Gasteiger partial charge in [-0.1, -0.05) is 149 Å². The van der Waals surface area contributed by atoms with E-state index in [1.807, 2.05) is 91.0 Å². The predicted octanol–water partition coefficient (Wildman–Crippen LogP) is 8.42. The van der Waals surface area contributed by atoms with E-state index in [2.05, 4.69) is 69.6 Å². The first kappa shape index (κ1) is 39.4. The number of fused-ring (bicyclic) bond motifs is 2. The number of benzene rings is 3. The summed E-state index contributed by atoms with van der Waals surface area (Å²) in [5.74, 6) is -2.15. The van der Waals surface area contributed by atoms with E-state index in [-0.39, 0.29) is 24.3 Å². The quantitative estimate of drug-likeness (QED) is 0.136. The van der Waals surface area contributed by atoms with E-state index in [0.29, 0.717) is 49.4 Å². The van der Waals surface area contributed by atoms with E-state index in [4.69, 9.17) is 9.16 Å². The number of nitrogens with zero attached hydrogens (tertiary/aromatic N) is 3. The molecule has 0 radical (unpaired) electrons. The van der Waals surface area contributed by atoms with Crippen LogP contribution in [0.3, 0.4) is 0 Å². The molecule has 4 aliphatic heterocycles. The molecule has 7 rings (SSSR count). The van der Waals surface area contributed by atoms with Gasteiger partial charge >= 0.3 is 0 Å². The average molecular weight is 825 g/mol. The zero-order valence-electron chi connectivity index (χ0n) is 32.9. The molecule has 8 nitrogen and oxygen atoms in total. The maximum Gasteiger partial charge on any atom is 0.249 e. The summed E-state index contributed by atoms with van der Waals surface area (Å²) in [7, 11) is -2.05. The number of rotatable bonds is 12. The SMILES string of the molecule is CC(C)[Si](OCc1ccc(CN2C(=O)[C@H]3[C@@H]4C(=O)N(Cc5cccc(Br)c5)CC=C[C@@H]4O[C@]34C=CCN(Cc3ccccc3)C(=O)[C@H]24)cc1)(C(C)C)C(C)C. The summed E-state index contributed by atoms with van der Waals surface area (Å²) in [6.07, 6.45) is 7.13. The molecule has 1 spiro atoms. The van der Waals surface area contributed by atoms with E-state index in [1.165, 1.54) is 0 Å². The lowest BCUT2D eigenvalue weighted by molar-refractivity contribution is -0.149. The van der Waals surface area contributed by atoms with Crippen molar-refractivity contribution in [3.63, 3.8) is 0 Å². The highest BCUT2D eigenvalue weighted by Gasteiger charge is 2.71. The van der Waals surface area contributed by atoms with E-state index < -0.39 is 37.9 Å². The number of likely N-dealkylation sites (tertiary alicyclic amines) is 1. The van der Waals surface area contributed by atoms with Crippen molar-refractivity contribution in [2.24, 2.45) is 11.8 Å². The molecule has 5 atom stereocenters. The van der Waals surface area contributed by atoms with Crippen LogP contribution in [0, 0.1) is 11.8 Å². The number of amides is 3. The highest BCUT2D eigenvalue weighted by Crippen LogP contribution is 2.54. The van der Waals surface area contributed by atoms with Gasteiger partial charge in [-0.2, -0.15) is 0 Å². The van der Waals surface area contributed by atoms with Gasteiger partial charge in [-0.05, 0) is 51.0 Å². The molecular weight excluding hydrogens is 771 g/mol. The molecule has 3 aromatic carbocycles. The lowest BCUT2D eigenvalue weighted by Crippen LogP contribution is -2.54. The Morgan fingerprint density at radius 3 is 2.00 bits per heavy atom. The normalized spacial score (nSPS) is 25.2. The molecule has 0 aromatic heterocycles. The Labute approximate surface area is 335 Å². The zero-order valence-corrected chi connectivity index (χ0v) is 35.4. The molecule has 0 saturated carbocycles. The Morgan fingerprint density at radius 2 is 1.33 bits per heavy atom. The first-order valence-electron chi connectivity index (χ1n) is 19.8. The monoisotopic (exact) mass is 823 g/mol. The molecule has 0 unspecified atom stereocenters. The van der Waals surface area contributed by atoms with Gasteiger partial charge in [0.25, 0.3) is 0 Å². The summed E-state index contributed by atoms with van der Waals surface area (Å²) in [6, 6.07) is 25.1. The van der Waals surface area contributed by atoms with E-state index in [0.717, 1.165) is 26.7 Å². The van der Waals surface area contributed by atoms with Crippen molar-refractivity contribution >= 4 is 42.0 Å². The van der Waals surface area contributed by atoms with Crippen LogP contribution in [0.25, 0.3) is 0 Å². The van der Waals surface area contributed by atoms with Gasteiger partial charge in [-0.25, -0.2) is 0 Å². The van der Waals surface area contributed by atoms with Crippen LogP contribution in [0.1, 0.15) is 63.8 Å². The second kappa shape index (κ2) is 16.0. The first-order valence-corrected chi connectivity index (χ1v) is 22.7. The molecule has 0 aliphatic carbocycles. The molecule has 3 aromatic rings. The smallest absolute Gasteiger partial charge is 0.249 e. The molecular formula is C45H54BrN3O5Si. The van der Waals surface area contributed by atoms with E-state index in [9.17, 15) is 14.4 Å². The van der Waals surface area contributed by atoms with E-state index >= 15 is 0 Å². The summed E-state index contributed by atoms with van der Waals surface area (Å²) in [5.41, 5.74) is 4.14. The van der Waals surface area contributed by atoms with Gasteiger partial charge < -0.3 is 23.9 Å². The second-order valence-corrected chi connectivity index (χ2v) is 23.0. The maximum absolute atomic E-state index is 15.0. The Bertz CT molecular complexity index is 1930. The summed E-state index contributed by atoms with van der Waals surface area (Å²) in [6.45, 7) is 16.1. The van der Waals surface area contributed by atoms with Crippen molar-refractivity contribution in [1.29, 1.82) is 0 Å². The number of carbonyl (C=O) groups excluding carboxylic acids is 3. The van der Waals surface area contributed by atoms with Gasteiger partial charge in [0.1, 0.15) is 11.6 Å². The topological polar surface area (TPSA) is 79.4 Å². The highest BCUT2D eigenvalue weighted by molar-refractivity contribution is 9.10. The second-order valence-electron chi connectivity index (χ2n) is 16.6. The molecule has 4 aliphatic rings. The van der Waals surface area contributed by atoms with Gasteiger partial charge in [0.2, 0.25) is 26.0 Å². The minimum Gasteiger partial charge on any atom is -0.412 e. The minimum atomic E-state index is -2.05. The van der Waals surface area contributed by atoms with Crippen LogP contribution in [0.15, 0.2) is 108 Å². The van der Waals surface area contributed by atoms with Crippen LogP contribution in [0.2, 0.25) is 16.6 Å². The Morgan fingerprint density at radius 1 is 0.727 bits per heavy atom. The lowest BCUT2D eigenvalue weighted by Gasteiger charge is -2.42. The molecule has 0 bridgehead atoms. The Kier molecular flexibility index (Phi) is 11.4. The molecule has 55 heavy (non-hydrogen) atoms. The average Bonchev–Trinajstić information content (AvgIpc) is 3.46.